The first-order valence-electron chi connectivity index (χ1n) is 7.33. The van der Waals surface area contributed by atoms with Gasteiger partial charge >= 0.3 is 5.97 Å². The molecule has 2 aliphatic carbocycles. The number of fused-ring (bicyclic) bond motifs is 2. The maximum absolute atomic E-state index is 11.7. The molecule has 0 saturated heterocycles. The molecular weight excluding hydrogens is 228 g/mol. The molecule has 0 aromatic heterocycles. The molecule has 3 unspecified atom stereocenters. The molecule has 18 heavy (non-hydrogen) atoms. The van der Waals surface area contributed by atoms with Gasteiger partial charge in [0.1, 0.15) is 5.54 Å². The number of aliphatic carboxylic acids is 1. The molecule has 2 rings (SSSR count). The van der Waals surface area contributed by atoms with Gasteiger partial charge in [0.05, 0.1) is 0 Å². The van der Waals surface area contributed by atoms with Crippen LogP contribution in [0, 0.1) is 11.8 Å². The van der Waals surface area contributed by atoms with Crippen molar-refractivity contribution in [2.45, 2.75) is 45.1 Å². The van der Waals surface area contributed by atoms with Gasteiger partial charge in [-0.3, -0.25) is 4.79 Å². The molecule has 4 nitrogen and oxygen atoms in total. The van der Waals surface area contributed by atoms with E-state index < -0.39 is 11.5 Å². The standard InChI is InChI=1S/C14H26N2O2/c1-3-16(4-2)8-7-15-14(13(17)18)10-11-5-6-12(14)9-11/h11-12,15H,3-10H2,1-2H3,(H,17,18). The van der Waals surface area contributed by atoms with E-state index in [4.69, 9.17) is 0 Å². The predicted octanol–water partition coefficient (Wildman–Crippen LogP) is 1.56. The van der Waals surface area contributed by atoms with Crippen molar-refractivity contribution in [1.82, 2.24) is 10.2 Å². The second-order valence-electron chi connectivity index (χ2n) is 5.81. The van der Waals surface area contributed by atoms with Crippen LogP contribution in [-0.2, 0) is 4.79 Å². The molecule has 2 N–H and O–H groups in total. The Morgan fingerprint density at radius 3 is 2.56 bits per heavy atom. The summed E-state index contributed by atoms with van der Waals surface area (Å²) in [5.41, 5.74) is -0.615. The highest BCUT2D eigenvalue weighted by molar-refractivity contribution is 5.80. The minimum Gasteiger partial charge on any atom is -0.480 e. The van der Waals surface area contributed by atoms with Crippen molar-refractivity contribution in [2.75, 3.05) is 26.2 Å². The lowest BCUT2D eigenvalue weighted by Gasteiger charge is -2.35. The van der Waals surface area contributed by atoms with Crippen molar-refractivity contribution < 1.29 is 9.90 Å². The van der Waals surface area contributed by atoms with Gasteiger partial charge in [-0.05, 0) is 44.2 Å². The Morgan fingerprint density at radius 2 is 2.11 bits per heavy atom. The molecule has 2 fully saturated rings. The van der Waals surface area contributed by atoms with Crippen molar-refractivity contribution in [3.05, 3.63) is 0 Å². The van der Waals surface area contributed by atoms with E-state index in [2.05, 4.69) is 24.1 Å². The third-order valence-corrected chi connectivity index (χ3v) is 4.99. The van der Waals surface area contributed by atoms with Gasteiger partial charge in [0.25, 0.3) is 0 Å². The number of nitrogens with one attached hydrogen (secondary N) is 1. The average Bonchev–Trinajstić information content (AvgIpc) is 2.95. The van der Waals surface area contributed by atoms with E-state index in [1.165, 1.54) is 6.42 Å². The number of nitrogens with zero attached hydrogens (tertiary/aromatic N) is 1. The van der Waals surface area contributed by atoms with Gasteiger partial charge in [-0.25, -0.2) is 0 Å². The van der Waals surface area contributed by atoms with E-state index in [0.717, 1.165) is 45.4 Å². The molecule has 104 valence electrons. The molecule has 0 aromatic carbocycles. The molecule has 3 atom stereocenters. The number of hydrogen-bond acceptors (Lipinski definition) is 3. The first-order chi connectivity index (χ1) is 8.62. The van der Waals surface area contributed by atoms with Crippen LogP contribution in [0.4, 0.5) is 0 Å². The summed E-state index contributed by atoms with van der Waals surface area (Å²) < 4.78 is 0. The monoisotopic (exact) mass is 254 g/mol. The van der Waals surface area contributed by atoms with Crippen molar-refractivity contribution in [1.29, 1.82) is 0 Å². The van der Waals surface area contributed by atoms with Crippen molar-refractivity contribution in [3.8, 4) is 0 Å². The minimum atomic E-state index is -0.630. The fraction of sp³-hybridized carbons (Fsp3) is 0.929. The summed E-state index contributed by atoms with van der Waals surface area (Å²) in [5, 5.41) is 13.0. The largest absolute Gasteiger partial charge is 0.480 e. The summed E-state index contributed by atoms with van der Waals surface area (Å²) in [6.07, 6.45) is 4.28. The van der Waals surface area contributed by atoms with E-state index in [9.17, 15) is 9.90 Å². The van der Waals surface area contributed by atoms with Crippen LogP contribution in [0.1, 0.15) is 39.5 Å². The van der Waals surface area contributed by atoms with Gasteiger partial charge in [0, 0.05) is 13.1 Å². The van der Waals surface area contributed by atoms with Gasteiger partial charge in [0.15, 0.2) is 0 Å². The lowest BCUT2D eigenvalue weighted by Crippen LogP contribution is -2.57. The van der Waals surface area contributed by atoms with Gasteiger partial charge in [-0.1, -0.05) is 20.3 Å². The first kappa shape index (κ1) is 13.8. The zero-order chi connectivity index (χ0) is 13.2. The molecule has 0 amide bonds. The van der Waals surface area contributed by atoms with Crippen LogP contribution in [0.3, 0.4) is 0 Å². The number of carboxylic acid groups (broad SMARTS) is 1. The van der Waals surface area contributed by atoms with Gasteiger partial charge < -0.3 is 15.3 Å². The van der Waals surface area contributed by atoms with E-state index in [-0.39, 0.29) is 0 Å². The molecule has 4 heteroatoms. The third-order valence-electron chi connectivity index (χ3n) is 4.99. The molecule has 2 bridgehead atoms. The minimum absolute atomic E-state index is 0.358. The van der Waals surface area contributed by atoms with Crippen LogP contribution in [-0.4, -0.2) is 47.7 Å². The zero-order valence-corrected chi connectivity index (χ0v) is 11.6. The SMILES string of the molecule is CCN(CC)CCNC1(C(=O)O)CC2CCC1C2. The Morgan fingerprint density at radius 1 is 1.39 bits per heavy atom. The lowest BCUT2D eigenvalue weighted by molar-refractivity contribution is -0.147. The Balaban J connectivity index is 1.90. The normalized spacial score (nSPS) is 34.4. The summed E-state index contributed by atoms with van der Waals surface area (Å²) >= 11 is 0. The summed E-state index contributed by atoms with van der Waals surface area (Å²) in [4.78, 5) is 14.0. The van der Waals surface area contributed by atoms with Crippen LogP contribution in [0.5, 0.6) is 0 Å². The first-order valence-corrected chi connectivity index (χ1v) is 7.33. The van der Waals surface area contributed by atoms with Crippen LogP contribution < -0.4 is 5.32 Å². The molecule has 0 heterocycles. The van der Waals surface area contributed by atoms with Gasteiger partial charge in [-0.2, -0.15) is 0 Å². The molecule has 0 aromatic rings. The summed E-state index contributed by atoms with van der Waals surface area (Å²) in [5.74, 6) is 0.373. The Hall–Kier alpha value is -0.610. The maximum atomic E-state index is 11.7. The average molecular weight is 254 g/mol. The van der Waals surface area contributed by atoms with Crippen LogP contribution in [0.2, 0.25) is 0 Å². The zero-order valence-electron chi connectivity index (χ0n) is 11.6. The van der Waals surface area contributed by atoms with E-state index in [1.807, 2.05) is 0 Å². The van der Waals surface area contributed by atoms with E-state index in [0.29, 0.717) is 11.8 Å². The van der Waals surface area contributed by atoms with Gasteiger partial charge in [0.2, 0.25) is 0 Å². The second kappa shape index (κ2) is 5.57. The topological polar surface area (TPSA) is 52.6 Å². The molecule has 2 aliphatic rings. The highest BCUT2D eigenvalue weighted by atomic mass is 16.4. The molecule has 2 saturated carbocycles. The molecular formula is C14H26N2O2. The fourth-order valence-electron chi connectivity index (χ4n) is 3.86. The highest BCUT2D eigenvalue weighted by Crippen LogP contribution is 2.50. The fourth-order valence-corrected chi connectivity index (χ4v) is 3.86. The molecule has 0 aliphatic heterocycles. The summed E-state index contributed by atoms with van der Waals surface area (Å²) in [6, 6.07) is 0. The number of hydrogen-bond donors (Lipinski definition) is 2. The number of carbonyl (C=O) groups is 1. The smallest absolute Gasteiger partial charge is 0.324 e. The predicted molar refractivity (Wildman–Crippen MR) is 71.6 cm³/mol. The summed E-state index contributed by atoms with van der Waals surface area (Å²) in [7, 11) is 0. The second-order valence-corrected chi connectivity index (χ2v) is 5.81. The molecule has 0 radical (unpaired) electrons. The number of rotatable bonds is 7. The van der Waals surface area contributed by atoms with Crippen LogP contribution in [0.15, 0.2) is 0 Å². The lowest BCUT2D eigenvalue weighted by atomic mass is 9.81. The number of likely N-dealkylation sites (N-methyl/N-ethyl adjacent to an activating group) is 1. The van der Waals surface area contributed by atoms with Crippen LogP contribution >= 0.6 is 0 Å². The van der Waals surface area contributed by atoms with E-state index >= 15 is 0 Å². The van der Waals surface area contributed by atoms with Crippen molar-refractivity contribution in [3.63, 3.8) is 0 Å². The maximum Gasteiger partial charge on any atom is 0.324 e. The Kier molecular flexibility index (Phi) is 4.28. The third kappa shape index (κ3) is 2.41. The molecule has 0 spiro atoms. The van der Waals surface area contributed by atoms with Gasteiger partial charge in [-0.15, -0.1) is 0 Å². The van der Waals surface area contributed by atoms with Crippen molar-refractivity contribution in [2.24, 2.45) is 11.8 Å². The Labute approximate surface area is 110 Å². The Bertz CT molecular complexity index is 304. The number of carboxylic acids is 1. The van der Waals surface area contributed by atoms with E-state index in [1.54, 1.807) is 0 Å². The summed E-state index contributed by atoms with van der Waals surface area (Å²) in [6.45, 7) is 8.09. The van der Waals surface area contributed by atoms with Crippen LogP contribution in [0.25, 0.3) is 0 Å². The van der Waals surface area contributed by atoms with Crippen molar-refractivity contribution >= 4 is 5.97 Å². The quantitative estimate of drug-likeness (QED) is 0.724. The highest BCUT2D eigenvalue weighted by Gasteiger charge is 2.55.